The van der Waals surface area contributed by atoms with E-state index in [1.54, 1.807) is 0 Å². The van der Waals surface area contributed by atoms with Gasteiger partial charge in [-0.25, -0.2) is 24.9 Å². The first kappa shape index (κ1) is 51.2. The molecule has 5 aliphatic heterocycles. The van der Waals surface area contributed by atoms with Gasteiger partial charge in [0, 0.05) is 154 Å². The van der Waals surface area contributed by atoms with Crippen LogP contribution in [-0.2, 0) is 32.1 Å². The van der Waals surface area contributed by atoms with Crippen molar-refractivity contribution in [3.8, 4) is 0 Å². The lowest BCUT2D eigenvalue weighted by atomic mass is 10.1. The summed E-state index contributed by atoms with van der Waals surface area (Å²) < 4.78 is 0. The Morgan fingerprint density at radius 3 is 1.28 bits per heavy atom. The van der Waals surface area contributed by atoms with E-state index in [2.05, 4.69) is 171 Å². The maximum Gasteiger partial charge on any atom is 0.138 e. The maximum absolute atomic E-state index is 4.62. The Morgan fingerprint density at radius 1 is 0.449 bits per heavy atom. The number of anilines is 5. The normalized spacial score (nSPS) is 16.6. The minimum atomic E-state index is 0.513. The summed E-state index contributed by atoms with van der Waals surface area (Å²) in [6.45, 7) is 19.0. The van der Waals surface area contributed by atoms with Crippen LogP contribution in [0.2, 0.25) is 0 Å². The summed E-state index contributed by atoms with van der Waals surface area (Å²) >= 11 is 0. The number of rotatable bonds is 5. The number of aryl methyl sites for hydroxylation is 5. The fraction of sp³-hybridized carbons (Fsp3) is 0.444. The SMILES string of the molecule is CC(C)CN1CCCc2c[nH]c3ccnc1c23.CC(C)N1CCCc2c[nH]c3ccnc1c23.CCN1CCCc2c[nH]c3ccnc1c23.CN1CCCc2c[nH]c3ccnc1c23.c1cc2[nH]cc3c2c(n1)N(C1CC1)CCC3. The van der Waals surface area contributed by atoms with E-state index in [1.807, 2.05) is 37.1 Å². The predicted octanol–water partition coefficient (Wildman–Crippen LogP) is 12.5. The molecule has 0 spiro atoms. The predicted molar refractivity (Wildman–Crippen MR) is 323 cm³/mol. The van der Waals surface area contributed by atoms with E-state index in [0.717, 1.165) is 88.4 Å². The van der Waals surface area contributed by atoms with Gasteiger partial charge in [-0.2, -0.15) is 0 Å². The molecular weight excluding hydrogens is 967 g/mol. The Labute approximate surface area is 458 Å². The molecule has 1 saturated carbocycles. The molecule has 0 aromatic carbocycles. The molecule has 0 bridgehead atoms. The summed E-state index contributed by atoms with van der Waals surface area (Å²) in [4.78, 5) is 51.5. The van der Waals surface area contributed by atoms with Gasteiger partial charge in [0.25, 0.3) is 0 Å². The molecule has 6 aliphatic rings. The number of nitrogens with zero attached hydrogens (tertiary/aromatic N) is 10. The Bertz CT molecular complexity index is 3550. The molecule has 16 rings (SSSR count). The van der Waals surface area contributed by atoms with Crippen LogP contribution in [0.3, 0.4) is 0 Å². The minimum Gasteiger partial charge on any atom is -0.361 e. The zero-order valence-electron chi connectivity index (χ0n) is 46.8. The van der Waals surface area contributed by atoms with Crippen molar-refractivity contribution in [3.05, 3.63) is 120 Å². The lowest BCUT2D eigenvalue weighted by Gasteiger charge is -2.27. The van der Waals surface area contributed by atoms with E-state index in [4.69, 9.17) is 0 Å². The number of aromatic nitrogens is 10. The second-order valence-corrected chi connectivity index (χ2v) is 22.9. The third-order valence-corrected chi connectivity index (χ3v) is 16.7. The molecule has 10 aromatic rings. The standard InChI is InChI=1S/C14H19N3.C13H15N3.C13H17N3.C12H15N3.C11H13N3/c1-10(2)9-17-7-3-4-11-8-16-12-5-6-15-14(17)13(11)12;1-2-9-8-15-11-5-6-14-13(12(9)11)16(7-1)10-3-4-10;1-9(2)16-7-3-4-10-8-15-11-5-6-14-13(16)12(10)11;1-2-15-7-3-4-9-8-14-10-5-6-13-12(15)11(9)10;1-14-6-2-3-8-7-13-9-4-5-12-11(14)10(8)9/h5-6,8,10,16H,3-4,7,9H2,1-2H3;5-6,8,10,15H,1-4,7H2;5-6,8-9,15H,3-4,7H2,1-2H3;5-6,8,14H,2-4,7H2,1H3;4-5,7,13H,2-3,6H2,1H3. The summed E-state index contributed by atoms with van der Waals surface area (Å²) in [7, 11) is 2.11. The van der Waals surface area contributed by atoms with Crippen molar-refractivity contribution in [3.63, 3.8) is 0 Å². The average molecular weight is 1050 g/mol. The van der Waals surface area contributed by atoms with Crippen LogP contribution in [0.1, 0.15) is 107 Å². The summed E-state index contributed by atoms with van der Waals surface area (Å²) in [6.07, 6.45) is 34.8. The van der Waals surface area contributed by atoms with Crippen LogP contribution < -0.4 is 24.5 Å². The highest BCUT2D eigenvalue weighted by Gasteiger charge is 2.33. The topological polar surface area (TPSA) is 160 Å². The lowest BCUT2D eigenvalue weighted by Crippen LogP contribution is -2.32. The zero-order chi connectivity index (χ0) is 53.3. The molecule has 15 heterocycles. The van der Waals surface area contributed by atoms with Crippen molar-refractivity contribution in [2.45, 2.75) is 124 Å². The molecule has 15 nitrogen and oxygen atoms in total. The summed E-state index contributed by atoms with van der Waals surface area (Å²) in [5.41, 5.74) is 13.2. The number of pyridine rings is 5. The quantitative estimate of drug-likeness (QED) is 0.112. The molecule has 0 saturated heterocycles. The first-order valence-corrected chi connectivity index (χ1v) is 29.2. The largest absolute Gasteiger partial charge is 0.361 e. The average Bonchev–Trinajstić information content (AvgIpc) is 3.81. The molecule has 78 heavy (non-hydrogen) atoms. The highest BCUT2D eigenvalue weighted by atomic mass is 15.2. The molecule has 0 atom stereocenters. The lowest BCUT2D eigenvalue weighted by molar-refractivity contribution is 0.599. The van der Waals surface area contributed by atoms with E-state index in [1.165, 1.54) is 152 Å². The van der Waals surface area contributed by atoms with Gasteiger partial charge in [0.2, 0.25) is 0 Å². The number of aromatic amines is 5. The number of nitrogens with one attached hydrogen (secondary N) is 5. The molecule has 1 fully saturated rings. The Balaban J connectivity index is 0.0000000978. The first-order valence-electron chi connectivity index (χ1n) is 29.2. The Kier molecular flexibility index (Phi) is 14.7. The Hall–Kier alpha value is -7.55. The molecule has 0 unspecified atom stereocenters. The first-order chi connectivity index (χ1) is 38.2. The summed E-state index contributed by atoms with van der Waals surface area (Å²) in [6, 6.07) is 11.6. The highest BCUT2D eigenvalue weighted by Crippen LogP contribution is 2.39. The monoisotopic (exact) mass is 1050 g/mol. The molecule has 10 aromatic heterocycles. The molecule has 0 amide bonds. The van der Waals surface area contributed by atoms with Crippen molar-refractivity contribution in [1.82, 2.24) is 49.8 Å². The smallest absolute Gasteiger partial charge is 0.138 e. The number of H-pyrrole nitrogens is 5. The minimum absolute atomic E-state index is 0.513. The molecule has 5 N–H and O–H groups in total. The molecule has 1 aliphatic carbocycles. The fourth-order valence-corrected chi connectivity index (χ4v) is 12.8. The van der Waals surface area contributed by atoms with Crippen molar-refractivity contribution in [2.75, 3.05) is 77.4 Å². The van der Waals surface area contributed by atoms with Crippen LogP contribution in [0, 0.1) is 5.92 Å². The van der Waals surface area contributed by atoms with Crippen LogP contribution in [0.25, 0.3) is 54.5 Å². The zero-order valence-corrected chi connectivity index (χ0v) is 46.8. The van der Waals surface area contributed by atoms with E-state index in [9.17, 15) is 0 Å². The van der Waals surface area contributed by atoms with Crippen LogP contribution in [-0.4, -0.2) is 115 Å². The van der Waals surface area contributed by atoms with Crippen LogP contribution >= 0.6 is 0 Å². The van der Waals surface area contributed by atoms with E-state index < -0.39 is 0 Å². The van der Waals surface area contributed by atoms with Crippen molar-refractivity contribution in [1.29, 1.82) is 0 Å². The van der Waals surface area contributed by atoms with Gasteiger partial charge in [-0.1, -0.05) is 13.8 Å². The third kappa shape index (κ3) is 10.2. The van der Waals surface area contributed by atoms with Gasteiger partial charge in [0.1, 0.15) is 29.1 Å². The van der Waals surface area contributed by atoms with E-state index in [0.29, 0.717) is 12.0 Å². The van der Waals surface area contributed by atoms with Gasteiger partial charge in [-0.15, -0.1) is 0 Å². The van der Waals surface area contributed by atoms with Gasteiger partial charge in [-0.3, -0.25) is 0 Å². The van der Waals surface area contributed by atoms with Gasteiger partial charge >= 0.3 is 0 Å². The van der Waals surface area contributed by atoms with Gasteiger partial charge in [-0.05, 0) is 162 Å². The van der Waals surface area contributed by atoms with Crippen molar-refractivity contribution in [2.24, 2.45) is 5.92 Å². The van der Waals surface area contributed by atoms with Crippen molar-refractivity contribution >= 4 is 83.6 Å². The van der Waals surface area contributed by atoms with Gasteiger partial charge in [0.05, 0.1) is 27.6 Å². The molecule has 15 heteroatoms. The molecule has 0 radical (unpaired) electrons. The second kappa shape index (κ2) is 22.4. The van der Waals surface area contributed by atoms with Gasteiger partial charge < -0.3 is 49.4 Å². The fourth-order valence-electron chi connectivity index (χ4n) is 12.8. The van der Waals surface area contributed by atoms with E-state index in [-0.39, 0.29) is 0 Å². The van der Waals surface area contributed by atoms with Crippen LogP contribution in [0.15, 0.2) is 92.3 Å². The van der Waals surface area contributed by atoms with Crippen LogP contribution in [0.4, 0.5) is 29.1 Å². The van der Waals surface area contributed by atoms with Gasteiger partial charge in [0.15, 0.2) is 0 Å². The molecular formula is C63H79N15. The molecule has 406 valence electrons. The third-order valence-electron chi connectivity index (χ3n) is 16.7. The Morgan fingerprint density at radius 2 is 0.821 bits per heavy atom. The van der Waals surface area contributed by atoms with Crippen molar-refractivity contribution < 1.29 is 0 Å². The summed E-state index contributed by atoms with van der Waals surface area (Å²) in [5.74, 6) is 6.49. The second-order valence-electron chi connectivity index (χ2n) is 22.9. The number of hydrogen-bond acceptors (Lipinski definition) is 10. The van der Waals surface area contributed by atoms with Crippen LogP contribution in [0.5, 0.6) is 0 Å². The van der Waals surface area contributed by atoms with E-state index >= 15 is 0 Å². The highest BCUT2D eigenvalue weighted by molar-refractivity contribution is 5.97. The summed E-state index contributed by atoms with van der Waals surface area (Å²) in [5, 5.41) is 6.68. The maximum atomic E-state index is 4.62. The number of hydrogen-bond donors (Lipinski definition) is 5.